The summed E-state index contributed by atoms with van der Waals surface area (Å²) >= 11 is 1.53. The van der Waals surface area contributed by atoms with Gasteiger partial charge < -0.3 is 15.3 Å². The van der Waals surface area contributed by atoms with E-state index in [1.165, 1.54) is 16.2 Å². The van der Waals surface area contributed by atoms with Gasteiger partial charge in [-0.1, -0.05) is 0 Å². The van der Waals surface area contributed by atoms with Crippen LogP contribution in [0.3, 0.4) is 0 Å². The minimum atomic E-state index is -0.896. The molecular weight excluding hydrogens is 250 g/mol. The summed E-state index contributed by atoms with van der Waals surface area (Å²) in [5.74, 6) is 0. The van der Waals surface area contributed by atoms with Crippen LogP contribution >= 0.6 is 11.3 Å². The maximum absolute atomic E-state index is 11.9. The lowest BCUT2D eigenvalue weighted by Crippen LogP contribution is -2.45. The van der Waals surface area contributed by atoms with Crippen LogP contribution < -0.4 is 5.32 Å². The largest absolute Gasteiger partial charge is 0.389 e. The van der Waals surface area contributed by atoms with Crippen LogP contribution in [0.1, 0.15) is 37.5 Å². The molecule has 0 aliphatic carbocycles. The Morgan fingerprint density at radius 3 is 2.72 bits per heavy atom. The second kappa shape index (κ2) is 5.67. The molecule has 0 fully saturated rings. The molecule has 1 rings (SSSR count). The van der Waals surface area contributed by atoms with E-state index in [1.807, 2.05) is 19.2 Å². The third-order valence-electron chi connectivity index (χ3n) is 2.32. The van der Waals surface area contributed by atoms with E-state index in [0.717, 1.165) is 10.7 Å². The molecule has 0 saturated carbocycles. The summed E-state index contributed by atoms with van der Waals surface area (Å²) in [4.78, 5) is 17.7. The summed E-state index contributed by atoms with van der Waals surface area (Å²) in [7, 11) is 1.66. The summed E-state index contributed by atoms with van der Waals surface area (Å²) in [6.07, 6.45) is 0. The van der Waals surface area contributed by atoms with E-state index in [2.05, 4.69) is 10.3 Å². The zero-order chi connectivity index (χ0) is 13.9. The molecule has 6 heteroatoms. The molecular formula is C12H21N3O2S. The Morgan fingerprint density at radius 2 is 2.28 bits per heavy atom. The number of carbonyl (C=O) groups is 1. The fraction of sp³-hybridized carbons (Fsp3) is 0.667. The molecule has 0 aromatic carbocycles. The number of amides is 2. The molecule has 2 amide bonds. The lowest BCUT2D eigenvalue weighted by molar-refractivity contribution is 0.0528. The van der Waals surface area contributed by atoms with Gasteiger partial charge >= 0.3 is 6.03 Å². The number of hydrogen-bond donors (Lipinski definition) is 2. The summed E-state index contributed by atoms with van der Waals surface area (Å²) < 4.78 is 0. The molecule has 0 bridgehead atoms. The van der Waals surface area contributed by atoms with Crippen molar-refractivity contribution in [3.05, 3.63) is 16.1 Å². The van der Waals surface area contributed by atoms with Gasteiger partial charge in [0.2, 0.25) is 0 Å². The first-order valence-corrected chi connectivity index (χ1v) is 6.73. The van der Waals surface area contributed by atoms with Crippen LogP contribution in [0, 0.1) is 6.92 Å². The Balaban J connectivity index is 2.54. The van der Waals surface area contributed by atoms with E-state index < -0.39 is 5.60 Å². The summed E-state index contributed by atoms with van der Waals surface area (Å²) in [6.45, 7) is 7.44. The number of urea groups is 1. The molecule has 18 heavy (non-hydrogen) atoms. The van der Waals surface area contributed by atoms with Gasteiger partial charge in [-0.25, -0.2) is 9.78 Å². The molecule has 0 aliphatic heterocycles. The van der Waals surface area contributed by atoms with Gasteiger partial charge in [-0.3, -0.25) is 0 Å². The number of thiazole rings is 1. The lowest BCUT2D eigenvalue weighted by atomic mass is 10.1. The molecule has 1 aromatic rings. The third kappa shape index (κ3) is 4.62. The van der Waals surface area contributed by atoms with Crippen LogP contribution in [0.25, 0.3) is 0 Å². The van der Waals surface area contributed by atoms with Crippen molar-refractivity contribution in [3.63, 3.8) is 0 Å². The van der Waals surface area contributed by atoms with Crippen molar-refractivity contribution in [2.45, 2.75) is 39.3 Å². The normalized spacial score (nSPS) is 13.2. The van der Waals surface area contributed by atoms with Crippen LogP contribution in [0.5, 0.6) is 0 Å². The Bertz CT molecular complexity index is 412. The lowest BCUT2D eigenvalue weighted by Gasteiger charge is -2.26. The first kappa shape index (κ1) is 14.9. The summed E-state index contributed by atoms with van der Waals surface area (Å²) in [6, 6.07) is -0.335. The molecule has 0 radical (unpaired) electrons. The molecule has 0 aliphatic rings. The topological polar surface area (TPSA) is 65.5 Å². The average Bonchev–Trinajstić information content (AvgIpc) is 2.62. The number of aryl methyl sites for hydroxylation is 1. The quantitative estimate of drug-likeness (QED) is 0.879. The highest BCUT2D eigenvalue weighted by atomic mass is 32.1. The smallest absolute Gasteiger partial charge is 0.317 e. The Kier molecular flexibility index (Phi) is 4.70. The first-order valence-electron chi connectivity index (χ1n) is 5.85. The minimum Gasteiger partial charge on any atom is -0.389 e. The van der Waals surface area contributed by atoms with Crippen LogP contribution in [-0.2, 0) is 0 Å². The number of rotatable bonds is 4. The van der Waals surface area contributed by atoms with Gasteiger partial charge in [-0.2, -0.15) is 0 Å². The Labute approximate surface area is 112 Å². The molecule has 0 spiro atoms. The van der Waals surface area contributed by atoms with Gasteiger partial charge in [0.1, 0.15) is 5.01 Å². The maximum atomic E-state index is 11.9. The minimum absolute atomic E-state index is 0.125. The third-order valence-corrected chi connectivity index (χ3v) is 3.46. The molecule has 0 saturated heterocycles. The van der Waals surface area contributed by atoms with E-state index >= 15 is 0 Å². The Hall–Kier alpha value is -1.14. The number of nitrogens with zero attached hydrogens (tertiary/aromatic N) is 2. The van der Waals surface area contributed by atoms with Crippen molar-refractivity contribution >= 4 is 17.4 Å². The highest BCUT2D eigenvalue weighted by Gasteiger charge is 2.21. The van der Waals surface area contributed by atoms with E-state index in [9.17, 15) is 9.90 Å². The molecule has 102 valence electrons. The standard InChI is InChI=1S/C12H21N3O2S/c1-8-6-18-10(13-8)9(2)14-11(16)15(5)7-12(3,4)17/h6,9,17H,7H2,1-5H3,(H,14,16). The van der Waals surface area contributed by atoms with Gasteiger partial charge in [0.05, 0.1) is 18.2 Å². The number of likely N-dealkylation sites (N-methyl/N-ethyl adjacent to an activating group) is 1. The van der Waals surface area contributed by atoms with Crippen molar-refractivity contribution in [1.82, 2.24) is 15.2 Å². The second-order valence-electron chi connectivity index (χ2n) is 5.17. The molecule has 1 unspecified atom stereocenters. The van der Waals surface area contributed by atoms with Crippen LogP contribution in [-0.4, -0.2) is 40.2 Å². The highest BCUT2D eigenvalue weighted by molar-refractivity contribution is 7.09. The fourth-order valence-electron chi connectivity index (χ4n) is 1.58. The zero-order valence-corrected chi connectivity index (χ0v) is 12.3. The van der Waals surface area contributed by atoms with Crippen molar-refractivity contribution in [2.24, 2.45) is 0 Å². The predicted molar refractivity (Wildman–Crippen MR) is 72.7 cm³/mol. The number of carbonyl (C=O) groups excluding carboxylic acids is 1. The first-order chi connectivity index (χ1) is 8.19. The number of hydrogen-bond acceptors (Lipinski definition) is 4. The van der Waals surface area contributed by atoms with Crippen molar-refractivity contribution in [1.29, 1.82) is 0 Å². The van der Waals surface area contributed by atoms with Crippen LogP contribution in [0.4, 0.5) is 4.79 Å². The molecule has 1 atom stereocenters. The number of aromatic nitrogens is 1. The Morgan fingerprint density at radius 1 is 1.67 bits per heavy atom. The van der Waals surface area contributed by atoms with E-state index in [0.29, 0.717) is 0 Å². The van der Waals surface area contributed by atoms with Crippen LogP contribution in [0.15, 0.2) is 5.38 Å². The fourth-order valence-corrected chi connectivity index (χ4v) is 2.38. The van der Waals surface area contributed by atoms with E-state index in [-0.39, 0.29) is 18.6 Å². The maximum Gasteiger partial charge on any atom is 0.317 e. The van der Waals surface area contributed by atoms with Crippen LogP contribution in [0.2, 0.25) is 0 Å². The average molecular weight is 271 g/mol. The van der Waals surface area contributed by atoms with E-state index in [4.69, 9.17) is 0 Å². The molecule has 2 N–H and O–H groups in total. The number of nitrogens with one attached hydrogen (secondary N) is 1. The van der Waals surface area contributed by atoms with Gasteiger partial charge in [-0.15, -0.1) is 11.3 Å². The van der Waals surface area contributed by atoms with Gasteiger partial charge in [0.15, 0.2) is 0 Å². The van der Waals surface area contributed by atoms with Gasteiger partial charge in [0.25, 0.3) is 0 Å². The SMILES string of the molecule is Cc1csc(C(C)NC(=O)N(C)CC(C)(C)O)n1. The highest BCUT2D eigenvalue weighted by Crippen LogP contribution is 2.17. The molecule has 1 aromatic heterocycles. The van der Waals surface area contributed by atoms with Crippen molar-refractivity contribution in [2.75, 3.05) is 13.6 Å². The molecule has 5 nitrogen and oxygen atoms in total. The number of aliphatic hydroxyl groups is 1. The second-order valence-corrected chi connectivity index (χ2v) is 6.06. The molecule has 1 heterocycles. The van der Waals surface area contributed by atoms with E-state index in [1.54, 1.807) is 20.9 Å². The van der Waals surface area contributed by atoms with Crippen molar-refractivity contribution in [3.8, 4) is 0 Å². The summed E-state index contributed by atoms with van der Waals surface area (Å²) in [5.41, 5.74) is 0.0635. The predicted octanol–water partition coefficient (Wildman–Crippen LogP) is 1.92. The summed E-state index contributed by atoms with van der Waals surface area (Å²) in [5, 5.41) is 15.4. The van der Waals surface area contributed by atoms with Crippen molar-refractivity contribution < 1.29 is 9.90 Å². The zero-order valence-electron chi connectivity index (χ0n) is 11.5. The monoisotopic (exact) mass is 271 g/mol. The van der Waals surface area contributed by atoms with Gasteiger partial charge in [-0.05, 0) is 27.7 Å². The van der Waals surface area contributed by atoms with Gasteiger partial charge in [0, 0.05) is 18.1 Å².